The topological polar surface area (TPSA) is 71.0 Å². The second-order valence-corrected chi connectivity index (χ2v) is 8.53. The number of fused-ring (bicyclic) bond motifs is 1. The van der Waals surface area contributed by atoms with Crippen molar-refractivity contribution in [3.05, 3.63) is 28.2 Å². The van der Waals surface area contributed by atoms with E-state index in [9.17, 15) is 4.79 Å². The van der Waals surface area contributed by atoms with Gasteiger partial charge in [-0.3, -0.25) is 4.79 Å². The van der Waals surface area contributed by atoms with Gasteiger partial charge in [0.1, 0.15) is 11.6 Å². The van der Waals surface area contributed by atoms with Crippen LogP contribution in [0.3, 0.4) is 0 Å². The molecule has 1 aliphatic carbocycles. The summed E-state index contributed by atoms with van der Waals surface area (Å²) in [5.41, 5.74) is 2.10. The van der Waals surface area contributed by atoms with E-state index in [1.807, 2.05) is 24.9 Å². The zero-order valence-corrected chi connectivity index (χ0v) is 16.2. The van der Waals surface area contributed by atoms with Crippen LogP contribution in [0.25, 0.3) is 0 Å². The van der Waals surface area contributed by atoms with Gasteiger partial charge in [-0.15, -0.1) is 11.3 Å². The van der Waals surface area contributed by atoms with E-state index in [1.54, 1.807) is 11.3 Å². The molecule has 0 radical (unpaired) electrons. The van der Waals surface area contributed by atoms with Crippen molar-refractivity contribution in [2.75, 3.05) is 11.9 Å². The van der Waals surface area contributed by atoms with E-state index < -0.39 is 0 Å². The predicted octanol–water partition coefficient (Wildman–Crippen LogP) is 3.76. The molecule has 1 fully saturated rings. The summed E-state index contributed by atoms with van der Waals surface area (Å²) in [5.74, 6) is 2.07. The summed E-state index contributed by atoms with van der Waals surface area (Å²) in [6, 6.07) is 0. The first kappa shape index (κ1) is 17.4. The first-order chi connectivity index (χ1) is 12.6. The number of nitrogens with zero attached hydrogens (tertiary/aromatic N) is 4. The Labute approximate surface area is 158 Å². The van der Waals surface area contributed by atoms with E-state index in [1.165, 1.54) is 19.3 Å². The standard InChI is InChI=1S/C19H25N5OS/c1-12-10-20-19(26-12)23-17-15-11-24(9-8-16(15)21-13(2)22-17)18(25)14-6-4-3-5-7-14/h10,14H,3-9,11H2,1-2H3,(H,20,21,22,23). The highest BCUT2D eigenvalue weighted by Crippen LogP contribution is 2.31. The predicted molar refractivity (Wildman–Crippen MR) is 103 cm³/mol. The van der Waals surface area contributed by atoms with E-state index in [4.69, 9.17) is 0 Å². The summed E-state index contributed by atoms with van der Waals surface area (Å²) in [5, 5.41) is 4.18. The molecule has 0 bridgehead atoms. The van der Waals surface area contributed by atoms with E-state index >= 15 is 0 Å². The molecule has 3 heterocycles. The second kappa shape index (κ2) is 7.31. The lowest BCUT2D eigenvalue weighted by molar-refractivity contribution is -0.137. The molecule has 2 aromatic heterocycles. The van der Waals surface area contributed by atoms with Crippen LogP contribution in [0.15, 0.2) is 6.20 Å². The molecule has 0 saturated heterocycles. The van der Waals surface area contributed by atoms with Crippen molar-refractivity contribution in [1.82, 2.24) is 19.9 Å². The number of aromatic nitrogens is 3. The van der Waals surface area contributed by atoms with Crippen LogP contribution in [0.1, 0.15) is 54.1 Å². The molecule has 0 spiro atoms. The molecule has 138 valence electrons. The highest BCUT2D eigenvalue weighted by atomic mass is 32.1. The van der Waals surface area contributed by atoms with Gasteiger partial charge in [-0.1, -0.05) is 19.3 Å². The number of hydrogen-bond donors (Lipinski definition) is 1. The maximum atomic E-state index is 13.0. The van der Waals surface area contributed by atoms with Crippen molar-refractivity contribution >= 4 is 28.2 Å². The van der Waals surface area contributed by atoms with Crippen LogP contribution in [-0.2, 0) is 17.8 Å². The van der Waals surface area contributed by atoms with E-state index in [2.05, 4.69) is 20.3 Å². The van der Waals surface area contributed by atoms with E-state index in [0.29, 0.717) is 12.5 Å². The van der Waals surface area contributed by atoms with Gasteiger partial charge in [-0.2, -0.15) is 0 Å². The molecule has 7 heteroatoms. The van der Waals surface area contributed by atoms with E-state index in [-0.39, 0.29) is 5.92 Å². The first-order valence-electron chi connectivity index (χ1n) is 9.45. The third-order valence-electron chi connectivity index (χ3n) is 5.28. The van der Waals surface area contributed by atoms with Crippen molar-refractivity contribution in [3.63, 3.8) is 0 Å². The number of carbonyl (C=O) groups is 1. The molecule has 2 aromatic rings. The van der Waals surface area contributed by atoms with Gasteiger partial charge in [0.15, 0.2) is 5.13 Å². The van der Waals surface area contributed by atoms with Crippen molar-refractivity contribution in [2.24, 2.45) is 5.92 Å². The normalized spacial score (nSPS) is 17.8. The number of rotatable bonds is 3. The molecule has 4 rings (SSSR count). The van der Waals surface area contributed by atoms with E-state index in [0.717, 1.165) is 58.7 Å². The highest BCUT2D eigenvalue weighted by molar-refractivity contribution is 7.15. The number of thiazole rings is 1. The number of aryl methyl sites for hydroxylation is 2. The largest absolute Gasteiger partial charge is 0.338 e. The number of carbonyl (C=O) groups excluding carboxylic acids is 1. The lowest BCUT2D eigenvalue weighted by Gasteiger charge is -2.33. The molecule has 26 heavy (non-hydrogen) atoms. The van der Waals surface area contributed by atoms with Gasteiger partial charge in [0, 0.05) is 35.5 Å². The summed E-state index contributed by atoms with van der Waals surface area (Å²) in [4.78, 5) is 29.7. The minimum absolute atomic E-state index is 0.203. The molecule has 1 saturated carbocycles. The average Bonchev–Trinajstić information content (AvgIpc) is 3.06. The molecule has 1 amide bonds. The van der Waals surface area contributed by atoms with Gasteiger partial charge < -0.3 is 10.2 Å². The van der Waals surface area contributed by atoms with Crippen LogP contribution < -0.4 is 5.32 Å². The lowest BCUT2D eigenvalue weighted by atomic mass is 9.87. The number of nitrogens with one attached hydrogen (secondary N) is 1. The van der Waals surface area contributed by atoms with Crippen LogP contribution in [0.2, 0.25) is 0 Å². The van der Waals surface area contributed by atoms with Crippen molar-refractivity contribution in [3.8, 4) is 0 Å². The number of amides is 1. The first-order valence-corrected chi connectivity index (χ1v) is 10.3. The van der Waals surface area contributed by atoms with Crippen LogP contribution >= 0.6 is 11.3 Å². The molecule has 1 aliphatic heterocycles. The fourth-order valence-electron chi connectivity index (χ4n) is 3.95. The Balaban J connectivity index is 1.57. The smallest absolute Gasteiger partial charge is 0.225 e. The lowest BCUT2D eigenvalue weighted by Crippen LogP contribution is -2.41. The van der Waals surface area contributed by atoms with Crippen molar-refractivity contribution < 1.29 is 4.79 Å². The zero-order valence-electron chi connectivity index (χ0n) is 15.4. The maximum Gasteiger partial charge on any atom is 0.225 e. The van der Waals surface area contributed by atoms with Crippen LogP contribution in [-0.4, -0.2) is 32.3 Å². The van der Waals surface area contributed by atoms with Gasteiger partial charge >= 0.3 is 0 Å². The third-order valence-corrected chi connectivity index (χ3v) is 6.11. The Bertz CT molecular complexity index is 812. The summed E-state index contributed by atoms with van der Waals surface area (Å²) in [6.45, 7) is 5.30. The van der Waals surface area contributed by atoms with Crippen molar-refractivity contribution in [2.45, 2.75) is 58.9 Å². The Hall–Kier alpha value is -2.02. The molecule has 0 aromatic carbocycles. The van der Waals surface area contributed by atoms with Gasteiger partial charge in [0.2, 0.25) is 5.91 Å². The SMILES string of the molecule is Cc1nc2c(c(Nc3ncc(C)s3)n1)CN(C(=O)C1CCCCC1)CC2. The van der Waals surface area contributed by atoms with Crippen LogP contribution in [0.5, 0.6) is 0 Å². The highest BCUT2D eigenvalue weighted by Gasteiger charge is 2.30. The zero-order chi connectivity index (χ0) is 18.1. The number of anilines is 2. The van der Waals surface area contributed by atoms with Crippen LogP contribution in [0.4, 0.5) is 10.9 Å². The number of hydrogen-bond acceptors (Lipinski definition) is 6. The van der Waals surface area contributed by atoms with Crippen molar-refractivity contribution in [1.29, 1.82) is 0 Å². The van der Waals surface area contributed by atoms with Gasteiger partial charge in [0.25, 0.3) is 0 Å². The third kappa shape index (κ3) is 3.58. The fourth-order valence-corrected chi connectivity index (χ4v) is 4.61. The Morgan fingerprint density at radius 3 is 2.77 bits per heavy atom. The quantitative estimate of drug-likeness (QED) is 0.889. The molecular weight excluding hydrogens is 346 g/mol. The minimum atomic E-state index is 0.203. The second-order valence-electron chi connectivity index (χ2n) is 7.29. The van der Waals surface area contributed by atoms with Gasteiger partial charge in [-0.25, -0.2) is 15.0 Å². The summed E-state index contributed by atoms with van der Waals surface area (Å²) in [7, 11) is 0. The fraction of sp³-hybridized carbons (Fsp3) is 0.579. The summed E-state index contributed by atoms with van der Waals surface area (Å²) >= 11 is 1.61. The van der Waals surface area contributed by atoms with Gasteiger partial charge in [0.05, 0.1) is 12.2 Å². The molecular formula is C19H25N5OS. The Morgan fingerprint density at radius 1 is 1.23 bits per heavy atom. The van der Waals surface area contributed by atoms with Crippen LogP contribution in [0, 0.1) is 19.8 Å². The molecule has 2 aliphatic rings. The average molecular weight is 372 g/mol. The summed E-state index contributed by atoms with van der Waals surface area (Å²) < 4.78 is 0. The molecule has 0 atom stereocenters. The summed E-state index contributed by atoms with van der Waals surface area (Å²) in [6.07, 6.45) is 8.35. The Morgan fingerprint density at radius 2 is 2.04 bits per heavy atom. The molecule has 6 nitrogen and oxygen atoms in total. The molecule has 0 unspecified atom stereocenters. The minimum Gasteiger partial charge on any atom is -0.338 e. The Kier molecular flexibility index (Phi) is 4.89. The monoisotopic (exact) mass is 371 g/mol. The molecule has 1 N–H and O–H groups in total. The maximum absolute atomic E-state index is 13.0. The van der Waals surface area contributed by atoms with Gasteiger partial charge in [-0.05, 0) is 26.7 Å².